The van der Waals surface area contributed by atoms with Gasteiger partial charge in [0.1, 0.15) is 5.58 Å². The van der Waals surface area contributed by atoms with Gasteiger partial charge in [-0.25, -0.2) is 0 Å². The van der Waals surface area contributed by atoms with Crippen molar-refractivity contribution in [2.45, 2.75) is 6.92 Å². The van der Waals surface area contributed by atoms with Gasteiger partial charge in [0.2, 0.25) is 11.3 Å². The molecule has 0 aliphatic rings. The molecule has 0 saturated carbocycles. The number of methoxy groups -OCH3 is 1. The first kappa shape index (κ1) is 18.5. The smallest absolute Gasteiger partial charge is 0.248 e. The Labute approximate surface area is 167 Å². The molecule has 4 rings (SSSR count). The van der Waals surface area contributed by atoms with Crippen LogP contribution < -0.4 is 15.5 Å². The maximum atomic E-state index is 12.8. The van der Waals surface area contributed by atoms with E-state index in [4.69, 9.17) is 9.15 Å². The van der Waals surface area contributed by atoms with E-state index in [1.165, 1.54) is 13.2 Å². The van der Waals surface area contributed by atoms with E-state index in [2.05, 4.69) is 5.32 Å². The van der Waals surface area contributed by atoms with E-state index in [1.54, 1.807) is 42.5 Å². The highest BCUT2D eigenvalue weighted by Crippen LogP contribution is 2.28. The van der Waals surface area contributed by atoms with Crippen molar-refractivity contribution in [3.05, 3.63) is 88.1 Å². The maximum absolute atomic E-state index is 12.8. The predicted octanol–water partition coefficient (Wildman–Crippen LogP) is 4.92. The van der Waals surface area contributed by atoms with E-state index in [0.717, 1.165) is 11.1 Å². The second-order valence-electron chi connectivity index (χ2n) is 6.71. The van der Waals surface area contributed by atoms with E-state index < -0.39 is 0 Å². The number of carbonyl (C=O) groups is 1. The Bertz CT molecular complexity index is 1300. The number of amides is 1. The van der Waals surface area contributed by atoms with Crippen LogP contribution in [0.3, 0.4) is 0 Å². The highest BCUT2D eigenvalue weighted by Gasteiger charge is 2.12. The molecular formula is C24H19NO4. The highest BCUT2D eigenvalue weighted by atomic mass is 16.5. The molecule has 1 aromatic heterocycles. The topological polar surface area (TPSA) is 68.5 Å². The van der Waals surface area contributed by atoms with Crippen LogP contribution in [0.2, 0.25) is 0 Å². The lowest BCUT2D eigenvalue weighted by atomic mass is 10.1. The fourth-order valence-electron chi connectivity index (χ4n) is 3.12. The SMILES string of the molecule is COc1cccc2c(=O)c3ccc(NC(=O)/C=C/c4ccc(C)cc4)cc3oc12. The van der Waals surface area contributed by atoms with E-state index in [0.29, 0.717) is 33.4 Å². The molecule has 0 aliphatic carbocycles. The molecule has 1 amide bonds. The molecule has 0 saturated heterocycles. The molecule has 1 N–H and O–H groups in total. The average molecular weight is 385 g/mol. The molecule has 4 aromatic rings. The quantitative estimate of drug-likeness (QED) is 0.400. The zero-order valence-corrected chi connectivity index (χ0v) is 16.1. The van der Waals surface area contributed by atoms with Crippen LogP contribution in [-0.4, -0.2) is 13.0 Å². The third-order valence-electron chi connectivity index (χ3n) is 4.65. The van der Waals surface area contributed by atoms with Gasteiger partial charge in [0.05, 0.1) is 17.9 Å². The van der Waals surface area contributed by atoms with Crippen LogP contribution in [0.4, 0.5) is 5.69 Å². The summed E-state index contributed by atoms with van der Waals surface area (Å²) in [6, 6.07) is 18.0. The van der Waals surface area contributed by atoms with Gasteiger partial charge in [0.15, 0.2) is 11.3 Å². The molecule has 5 nitrogen and oxygen atoms in total. The van der Waals surface area contributed by atoms with E-state index >= 15 is 0 Å². The largest absolute Gasteiger partial charge is 0.493 e. The van der Waals surface area contributed by atoms with E-state index in [-0.39, 0.29) is 11.3 Å². The predicted molar refractivity (Wildman–Crippen MR) is 115 cm³/mol. The Morgan fingerprint density at radius 1 is 1.03 bits per heavy atom. The molecule has 1 heterocycles. The zero-order chi connectivity index (χ0) is 20.4. The van der Waals surface area contributed by atoms with Crippen LogP contribution in [0.1, 0.15) is 11.1 Å². The summed E-state index contributed by atoms with van der Waals surface area (Å²) in [5.41, 5.74) is 3.26. The molecule has 29 heavy (non-hydrogen) atoms. The summed E-state index contributed by atoms with van der Waals surface area (Å²) in [5, 5.41) is 3.69. The van der Waals surface area contributed by atoms with Crippen LogP contribution in [0, 0.1) is 6.92 Å². The lowest BCUT2D eigenvalue weighted by Crippen LogP contribution is -2.08. The second kappa shape index (κ2) is 7.64. The average Bonchev–Trinajstić information content (AvgIpc) is 2.73. The normalized spacial score (nSPS) is 11.2. The number of nitrogens with one attached hydrogen (secondary N) is 1. The van der Waals surface area contributed by atoms with Gasteiger partial charge in [-0.2, -0.15) is 0 Å². The van der Waals surface area contributed by atoms with Crippen LogP contribution in [0.15, 0.2) is 76.0 Å². The van der Waals surface area contributed by atoms with Crippen molar-refractivity contribution in [1.82, 2.24) is 0 Å². The number of anilines is 1. The third-order valence-corrected chi connectivity index (χ3v) is 4.65. The Balaban J connectivity index is 1.64. The number of aryl methyl sites for hydroxylation is 1. The molecular weight excluding hydrogens is 366 g/mol. The number of hydrogen-bond acceptors (Lipinski definition) is 4. The molecule has 0 bridgehead atoms. The molecule has 3 aromatic carbocycles. The van der Waals surface area contributed by atoms with Crippen LogP contribution >= 0.6 is 0 Å². The Kier molecular flexibility index (Phi) is 4.87. The highest BCUT2D eigenvalue weighted by molar-refractivity contribution is 6.03. The number of hydrogen-bond donors (Lipinski definition) is 1. The fraction of sp³-hybridized carbons (Fsp3) is 0.0833. The zero-order valence-electron chi connectivity index (χ0n) is 16.1. The van der Waals surface area contributed by atoms with Gasteiger partial charge in [-0.1, -0.05) is 35.9 Å². The van der Waals surface area contributed by atoms with Crippen LogP contribution in [0.25, 0.3) is 28.0 Å². The lowest BCUT2D eigenvalue weighted by molar-refractivity contribution is -0.111. The van der Waals surface area contributed by atoms with Crippen molar-refractivity contribution in [2.75, 3.05) is 12.4 Å². The first-order valence-corrected chi connectivity index (χ1v) is 9.14. The van der Waals surface area contributed by atoms with Gasteiger partial charge in [0.25, 0.3) is 0 Å². The number of rotatable bonds is 4. The summed E-state index contributed by atoms with van der Waals surface area (Å²) in [5.74, 6) is 0.211. The minimum absolute atomic E-state index is 0.141. The van der Waals surface area contributed by atoms with Crippen molar-refractivity contribution in [1.29, 1.82) is 0 Å². The summed E-state index contributed by atoms with van der Waals surface area (Å²) < 4.78 is 11.2. The van der Waals surface area contributed by atoms with Gasteiger partial charge in [-0.3, -0.25) is 9.59 Å². The summed E-state index contributed by atoms with van der Waals surface area (Å²) in [6.45, 7) is 2.01. The van der Waals surface area contributed by atoms with Gasteiger partial charge in [0, 0.05) is 17.8 Å². The van der Waals surface area contributed by atoms with Gasteiger partial charge in [-0.15, -0.1) is 0 Å². The standard InChI is InChI=1S/C24H19NO4/c1-15-6-8-16(9-7-15)10-13-22(26)25-17-11-12-18-21(14-17)29-24-19(23(18)27)4-3-5-20(24)28-2/h3-14H,1-2H3,(H,25,26)/b13-10+. The Morgan fingerprint density at radius 2 is 1.83 bits per heavy atom. The summed E-state index contributed by atoms with van der Waals surface area (Å²) >= 11 is 0. The number of fused-ring (bicyclic) bond motifs is 2. The van der Waals surface area contributed by atoms with Crippen LogP contribution in [0.5, 0.6) is 5.75 Å². The molecule has 0 atom stereocenters. The minimum atomic E-state index is -0.273. The molecule has 0 spiro atoms. The van der Waals surface area contributed by atoms with Gasteiger partial charge >= 0.3 is 0 Å². The van der Waals surface area contributed by atoms with Crippen molar-refractivity contribution in [3.8, 4) is 5.75 Å². The van der Waals surface area contributed by atoms with Crippen LogP contribution in [-0.2, 0) is 4.79 Å². The molecule has 0 aliphatic heterocycles. The summed E-state index contributed by atoms with van der Waals surface area (Å²) in [4.78, 5) is 25.0. The maximum Gasteiger partial charge on any atom is 0.248 e. The minimum Gasteiger partial charge on any atom is -0.493 e. The van der Waals surface area contributed by atoms with Crippen molar-refractivity contribution >= 4 is 39.6 Å². The first-order chi connectivity index (χ1) is 14.0. The molecule has 5 heteroatoms. The van der Waals surface area contributed by atoms with Crippen molar-refractivity contribution in [2.24, 2.45) is 0 Å². The summed E-state index contributed by atoms with van der Waals surface area (Å²) in [7, 11) is 1.52. The monoisotopic (exact) mass is 385 g/mol. The Morgan fingerprint density at radius 3 is 2.59 bits per heavy atom. The van der Waals surface area contributed by atoms with E-state index in [9.17, 15) is 9.59 Å². The molecule has 144 valence electrons. The lowest BCUT2D eigenvalue weighted by Gasteiger charge is -2.07. The Hall–Kier alpha value is -3.86. The summed E-state index contributed by atoms with van der Waals surface area (Å²) in [6.07, 6.45) is 3.21. The first-order valence-electron chi connectivity index (χ1n) is 9.14. The number of benzene rings is 3. The van der Waals surface area contributed by atoms with Gasteiger partial charge in [-0.05, 0) is 42.8 Å². The second-order valence-corrected chi connectivity index (χ2v) is 6.71. The van der Waals surface area contributed by atoms with Crippen molar-refractivity contribution < 1.29 is 13.9 Å². The van der Waals surface area contributed by atoms with Crippen molar-refractivity contribution in [3.63, 3.8) is 0 Å². The van der Waals surface area contributed by atoms with E-state index in [1.807, 2.05) is 31.2 Å². The number of para-hydroxylation sites is 1. The van der Waals surface area contributed by atoms with Gasteiger partial charge < -0.3 is 14.5 Å². The molecule has 0 fully saturated rings. The molecule has 0 radical (unpaired) electrons. The fourth-order valence-corrected chi connectivity index (χ4v) is 3.12. The number of ether oxygens (including phenoxy) is 1. The molecule has 0 unspecified atom stereocenters. The number of carbonyl (C=O) groups excluding carboxylic acids is 1. The third kappa shape index (κ3) is 3.75.